The van der Waals surface area contributed by atoms with Crippen LogP contribution in [0.1, 0.15) is 62.5 Å². The molecule has 30 heavy (non-hydrogen) atoms. The number of benzene rings is 2. The summed E-state index contributed by atoms with van der Waals surface area (Å²) >= 11 is 0. The van der Waals surface area contributed by atoms with Crippen molar-refractivity contribution in [1.29, 1.82) is 0 Å². The Hall–Kier alpha value is -2.82. The summed E-state index contributed by atoms with van der Waals surface area (Å²) in [7, 11) is 0. The van der Waals surface area contributed by atoms with Gasteiger partial charge in [0.25, 0.3) is 0 Å². The van der Waals surface area contributed by atoms with Crippen molar-refractivity contribution in [2.45, 2.75) is 64.5 Å². The minimum atomic E-state index is -0.778. The van der Waals surface area contributed by atoms with E-state index < -0.39 is 5.97 Å². The van der Waals surface area contributed by atoms with Crippen molar-refractivity contribution in [3.8, 4) is 5.75 Å². The first kappa shape index (κ1) is 20.5. The number of ether oxygens (including phenoxy) is 1. The van der Waals surface area contributed by atoms with Crippen molar-refractivity contribution >= 4 is 16.9 Å². The third-order valence-electron chi connectivity index (χ3n) is 6.20. The highest BCUT2D eigenvalue weighted by Crippen LogP contribution is 2.27. The van der Waals surface area contributed by atoms with Gasteiger partial charge in [0, 0.05) is 11.9 Å². The highest BCUT2D eigenvalue weighted by molar-refractivity contribution is 5.79. The topological polar surface area (TPSA) is 64.3 Å². The van der Waals surface area contributed by atoms with Gasteiger partial charge in [-0.15, -0.1) is 0 Å². The smallest absolute Gasteiger partial charge is 0.303 e. The summed E-state index contributed by atoms with van der Waals surface area (Å²) in [5.74, 6) is 0.754. The van der Waals surface area contributed by atoms with Crippen LogP contribution in [0.15, 0.2) is 48.7 Å². The maximum atomic E-state index is 10.9. The lowest BCUT2D eigenvalue weighted by Gasteiger charge is -2.21. The first-order valence-corrected chi connectivity index (χ1v) is 11.0. The van der Waals surface area contributed by atoms with Gasteiger partial charge >= 0.3 is 5.97 Å². The zero-order valence-electron chi connectivity index (χ0n) is 17.6. The Balaban J connectivity index is 1.36. The molecule has 0 spiro atoms. The number of rotatable bonds is 8. The van der Waals surface area contributed by atoms with Gasteiger partial charge in [-0.25, -0.2) is 0 Å². The van der Waals surface area contributed by atoms with Crippen molar-refractivity contribution in [1.82, 2.24) is 9.78 Å². The lowest BCUT2D eigenvalue weighted by atomic mass is 9.89. The van der Waals surface area contributed by atoms with Crippen LogP contribution in [0.2, 0.25) is 0 Å². The van der Waals surface area contributed by atoms with Crippen LogP contribution in [0.3, 0.4) is 0 Å². The summed E-state index contributed by atoms with van der Waals surface area (Å²) in [6.07, 6.45) is 8.82. The van der Waals surface area contributed by atoms with E-state index >= 15 is 0 Å². The molecule has 1 saturated carbocycles. The Bertz CT molecular complexity index is 987. The predicted molar refractivity (Wildman–Crippen MR) is 118 cm³/mol. The van der Waals surface area contributed by atoms with Crippen LogP contribution < -0.4 is 4.74 Å². The maximum absolute atomic E-state index is 10.9. The van der Waals surface area contributed by atoms with Crippen LogP contribution in [0.4, 0.5) is 0 Å². The van der Waals surface area contributed by atoms with Gasteiger partial charge in [0.2, 0.25) is 0 Å². The van der Waals surface area contributed by atoms with Gasteiger partial charge in [-0.3, -0.25) is 9.48 Å². The second-order valence-corrected chi connectivity index (χ2v) is 8.58. The monoisotopic (exact) mass is 406 g/mol. The van der Waals surface area contributed by atoms with Gasteiger partial charge < -0.3 is 9.84 Å². The summed E-state index contributed by atoms with van der Waals surface area (Å²) in [4.78, 5) is 10.9. The molecule has 4 rings (SSSR count). The van der Waals surface area contributed by atoms with E-state index in [-0.39, 0.29) is 12.3 Å². The first-order chi connectivity index (χ1) is 14.6. The van der Waals surface area contributed by atoms with E-state index in [1.165, 1.54) is 37.6 Å². The van der Waals surface area contributed by atoms with Crippen LogP contribution in [0, 0.1) is 5.92 Å². The van der Waals surface area contributed by atoms with Gasteiger partial charge in [0.15, 0.2) is 0 Å². The van der Waals surface area contributed by atoms with E-state index in [1.54, 1.807) is 0 Å². The summed E-state index contributed by atoms with van der Waals surface area (Å²) in [5.41, 5.74) is 3.32. The fourth-order valence-corrected chi connectivity index (χ4v) is 4.43. The number of carbonyl (C=O) groups is 1. The molecule has 2 aromatic carbocycles. The number of hydrogen-bond donors (Lipinski definition) is 1. The number of carboxylic acid groups (broad SMARTS) is 1. The molecule has 0 radical (unpaired) electrons. The first-order valence-electron chi connectivity index (χ1n) is 11.0. The van der Waals surface area contributed by atoms with E-state index in [4.69, 9.17) is 9.84 Å². The lowest BCUT2D eigenvalue weighted by molar-refractivity contribution is -0.137. The molecule has 0 bridgehead atoms. The Kier molecular flexibility index (Phi) is 6.36. The fourth-order valence-electron chi connectivity index (χ4n) is 4.43. The second kappa shape index (κ2) is 9.33. The number of aromatic nitrogens is 2. The molecular weight excluding hydrogens is 376 g/mol. The quantitative estimate of drug-likeness (QED) is 0.515. The highest BCUT2D eigenvalue weighted by Gasteiger charge is 2.15. The molecule has 5 nitrogen and oxygen atoms in total. The largest absolute Gasteiger partial charge is 0.489 e. The Morgan fingerprint density at radius 3 is 2.67 bits per heavy atom. The summed E-state index contributed by atoms with van der Waals surface area (Å²) in [5, 5.41) is 14.7. The lowest BCUT2D eigenvalue weighted by Crippen LogP contribution is -2.14. The molecule has 1 atom stereocenters. The van der Waals surface area contributed by atoms with E-state index in [1.807, 2.05) is 37.4 Å². The SMILES string of the molecule is C[C@@H](CC(=O)O)c1ccc(OCc2ccc3c(cnn3CC3CCCCC3)c2)cc1. The molecule has 1 aliphatic rings. The predicted octanol–water partition coefficient (Wildman–Crippen LogP) is 5.77. The molecule has 5 heteroatoms. The summed E-state index contributed by atoms with van der Waals surface area (Å²) in [6.45, 7) is 3.44. The van der Waals surface area contributed by atoms with Gasteiger partial charge in [-0.05, 0) is 60.1 Å². The average molecular weight is 407 g/mol. The zero-order chi connectivity index (χ0) is 20.9. The summed E-state index contributed by atoms with van der Waals surface area (Å²) in [6, 6.07) is 14.1. The zero-order valence-corrected chi connectivity index (χ0v) is 17.6. The van der Waals surface area contributed by atoms with Crippen molar-refractivity contribution in [3.63, 3.8) is 0 Å². The van der Waals surface area contributed by atoms with Gasteiger partial charge in [0.1, 0.15) is 12.4 Å². The fraction of sp³-hybridized carbons (Fsp3) is 0.440. The molecule has 1 aromatic heterocycles. The Morgan fingerprint density at radius 2 is 1.93 bits per heavy atom. The molecule has 0 unspecified atom stereocenters. The molecule has 1 N–H and O–H groups in total. The Morgan fingerprint density at radius 1 is 1.17 bits per heavy atom. The molecule has 158 valence electrons. The van der Waals surface area contributed by atoms with Crippen LogP contribution in [0.5, 0.6) is 5.75 Å². The van der Waals surface area contributed by atoms with Gasteiger partial charge in [-0.2, -0.15) is 5.10 Å². The molecule has 1 aliphatic carbocycles. The molecule has 0 amide bonds. The minimum absolute atomic E-state index is 0.0101. The van der Waals surface area contributed by atoms with Crippen molar-refractivity contribution in [2.75, 3.05) is 0 Å². The van der Waals surface area contributed by atoms with E-state index in [9.17, 15) is 4.79 Å². The second-order valence-electron chi connectivity index (χ2n) is 8.58. The average Bonchev–Trinajstić information content (AvgIpc) is 3.15. The molecule has 1 fully saturated rings. The van der Waals surface area contributed by atoms with Crippen LogP contribution >= 0.6 is 0 Å². The minimum Gasteiger partial charge on any atom is -0.489 e. The number of hydrogen-bond acceptors (Lipinski definition) is 3. The Labute approximate surface area is 177 Å². The van der Waals surface area contributed by atoms with Gasteiger partial charge in [0.05, 0.1) is 18.1 Å². The van der Waals surface area contributed by atoms with E-state index in [0.717, 1.165) is 34.7 Å². The maximum Gasteiger partial charge on any atom is 0.303 e. The van der Waals surface area contributed by atoms with Crippen molar-refractivity contribution in [3.05, 3.63) is 59.8 Å². The normalized spacial score (nSPS) is 15.9. The molecule has 3 aromatic rings. The number of fused-ring (bicyclic) bond motifs is 1. The molecular formula is C25H30N2O3. The van der Waals surface area contributed by atoms with Crippen LogP contribution in [-0.2, 0) is 17.9 Å². The molecule has 1 heterocycles. The number of nitrogens with zero attached hydrogens (tertiary/aromatic N) is 2. The van der Waals surface area contributed by atoms with Crippen LogP contribution in [0.25, 0.3) is 10.9 Å². The third-order valence-corrected chi connectivity index (χ3v) is 6.20. The summed E-state index contributed by atoms with van der Waals surface area (Å²) < 4.78 is 8.10. The standard InChI is InChI=1S/C25H30N2O3/c1-18(13-25(28)29)21-8-10-23(11-9-21)30-17-20-7-12-24-22(14-20)15-26-27(24)16-19-5-3-2-4-6-19/h7-12,14-15,18-19H,2-6,13,16-17H2,1H3,(H,28,29)/t18-/m0/s1. The highest BCUT2D eigenvalue weighted by atomic mass is 16.5. The van der Waals surface area contributed by atoms with Gasteiger partial charge in [-0.1, -0.05) is 44.4 Å². The van der Waals surface area contributed by atoms with Crippen LogP contribution in [-0.4, -0.2) is 20.9 Å². The van der Waals surface area contributed by atoms with E-state index in [2.05, 4.69) is 28.0 Å². The molecule has 0 saturated heterocycles. The third kappa shape index (κ3) is 5.02. The number of aliphatic carboxylic acids is 1. The number of carboxylic acids is 1. The molecule has 0 aliphatic heterocycles. The van der Waals surface area contributed by atoms with Crippen molar-refractivity contribution in [2.24, 2.45) is 5.92 Å². The van der Waals surface area contributed by atoms with Crippen molar-refractivity contribution < 1.29 is 14.6 Å². The van der Waals surface area contributed by atoms with E-state index in [0.29, 0.717) is 6.61 Å².